The van der Waals surface area contributed by atoms with Gasteiger partial charge in [-0.1, -0.05) is 6.07 Å². The molecule has 1 N–H and O–H groups in total. The molecule has 1 atom stereocenters. The largest absolute Gasteiger partial charge is 0.496 e. The van der Waals surface area contributed by atoms with E-state index in [9.17, 15) is 12.8 Å². The minimum absolute atomic E-state index is 0.168. The minimum Gasteiger partial charge on any atom is -0.496 e. The summed E-state index contributed by atoms with van der Waals surface area (Å²) in [5, 5.41) is 0. The quantitative estimate of drug-likeness (QED) is 0.529. The molecule has 2 aromatic carbocycles. The third-order valence-electron chi connectivity index (χ3n) is 6.16. The smallest absolute Gasteiger partial charge is 0.240 e. The first-order valence-electron chi connectivity index (χ1n) is 11.2. The van der Waals surface area contributed by atoms with Gasteiger partial charge in [0.05, 0.1) is 18.0 Å². The summed E-state index contributed by atoms with van der Waals surface area (Å²) < 4.78 is 47.4. The predicted octanol–water partition coefficient (Wildman–Crippen LogP) is 3.38. The molecule has 0 radical (unpaired) electrons. The first-order valence-corrected chi connectivity index (χ1v) is 12.6. The van der Waals surface area contributed by atoms with E-state index in [-0.39, 0.29) is 23.3 Å². The second-order valence-electron chi connectivity index (χ2n) is 8.28. The number of ether oxygens (including phenoxy) is 1. The van der Waals surface area contributed by atoms with E-state index in [1.165, 1.54) is 12.1 Å². The number of rotatable bonds is 8. The van der Waals surface area contributed by atoms with Crippen LogP contribution in [0.2, 0.25) is 0 Å². The van der Waals surface area contributed by atoms with Gasteiger partial charge in [0.2, 0.25) is 10.0 Å². The van der Waals surface area contributed by atoms with Gasteiger partial charge in [-0.05, 0) is 66.6 Å². The van der Waals surface area contributed by atoms with Crippen molar-refractivity contribution >= 4 is 15.7 Å². The number of piperazine rings is 1. The molecule has 1 aliphatic heterocycles. The SMILES string of the molecule is COc1ccc(S(=O)(=O)NC[C@H](c2cccnc2)N2CCN(c3ccc(F)cc3)CC2)cc1C. The van der Waals surface area contributed by atoms with Gasteiger partial charge in [0.15, 0.2) is 0 Å². The van der Waals surface area contributed by atoms with E-state index in [1.807, 2.05) is 19.1 Å². The molecule has 0 spiro atoms. The molecule has 1 fully saturated rings. The third kappa shape index (κ3) is 5.55. The first-order chi connectivity index (χ1) is 16.4. The van der Waals surface area contributed by atoms with Crippen LogP contribution in [0.25, 0.3) is 0 Å². The zero-order valence-corrected chi connectivity index (χ0v) is 20.1. The lowest BCUT2D eigenvalue weighted by Crippen LogP contribution is -2.50. The number of aromatic nitrogens is 1. The van der Waals surface area contributed by atoms with Gasteiger partial charge in [0, 0.05) is 50.8 Å². The fourth-order valence-electron chi connectivity index (χ4n) is 4.26. The summed E-state index contributed by atoms with van der Waals surface area (Å²) in [7, 11) is -2.15. The third-order valence-corrected chi connectivity index (χ3v) is 7.58. The Kier molecular flexibility index (Phi) is 7.45. The molecule has 1 aliphatic rings. The van der Waals surface area contributed by atoms with E-state index in [1.54, 1.807) is 49.8 Å². The standard InChI is InChI=1S/C25H29FN4O3S/c1-19-16-23(9-10-25(19)33-2)34(31,32)28-18-24(20-4-3-11-27-17-20)30-14-12-29(13-15-30)22-7-5-21(26)6-8-22/h3-11,16-17,24,28H,12-15,18H2,1-2H3/t24-/m1/s1. The van der Waals surface area contributed by atoms with Crippen molar-refractivity contribution in [1.82, 2.24) is 14.6 Å². The lowest BCUT2D eigenvalue weighted by Gasteiger charge is -2.40. The summed E-state index contributed by atoms with van der Waals surface area (Å²) in [5.74, 6) is 0.393. The van der Waals surface area contributed by atoms with Gasteiger partial charge in [-0.15, -0.1) is 0 Å². The number of benzene rings is 2. The van der Waals surface area contributed by atoms with Crippen molar-refractivity contribution in [2.24, 2.45) is 0 Å². The second-order valence-corrected chi connectivity index (χ2v) is 10.1. The molecule has 180 valence electrons. The highest BCUT2D eigenvalue weighted by Crippen LogP contribution is 2.25. The monoisotopic (exact) mass is 484 g/mol. The number of pyridine rings is 1. The van der Waals surface area contributed by atoms with Crippen LogP contribution in [-0.4, -0.2) is 58.1 Å². The van der Waals surface area contributed by atoms with Crippen LogP contribution in [0.4, 0.5) is 10.1 Å². The summed E-state index contributed by atoms with van der Waals surface area (Å²) in [6.45, 7) is 5.02. The maximum Gasteiger partial charge on any atom is 0.240 e. The lowest BCUT2D eigenvalue weighted by atomic mass is 10.1. The van der Waals surface area contributed by atoms with Gasteiger partial charge in [-0.3, -0.25) is 9.88 Å². The van der Waals surface area contributed by atoms with Gasteiger partial charge < -0.3 is 9.64 Å². The maximum atomic E-state index is 13.3. The number of hydrogen-bond acceptors (Lipinski definition) is 6. The predicted molar refractivity (Wildman–Crippen MR) is 130 cm³/mol. The fourth-order valence-corrected chi connectivity index (χ4v) is 5.39. The van der Waals surface area contributed by atoms with E-state index in [2.05, 4.69) is 19.5 Å². The molecule has 0 unspecified atom stereocenters. The fraction of sp³-hybridized carbons (Fsp3) is 0.320. The first kappa shape index (κ1) is 24.1. The molecule has 3 aromatic rings. The van der Waals surface area contributed by atoms with Crippen molar-refractivity contribution < 1.29 is 17.5 Å². The molecule has 2 heterocycles. The molecule has 4 rings (SSSR count). The zero-order valence-electron chi connectivity index (χ0n) is 19.3. The van der Waals surface area contributed by atoms with E-state index in [4.69, 9.17) is 4.74 Å². The average Bonchev–Trinajstić information content (AvgIpc) is 2.85. The highest BCUT2D eigenvalue weighted by molar-refractivity contribution is 7.89. The normalized spacial score (nSPS) is 15.8. The second kappa shape index (κ2) is 10.5. The van der Waals surface area contributed by atoms with Gasteiger partial charge in [-0.25, -0.2) is 17.5 Å². The van der Waals surface area contributed by atoms with Crippen LogP contribution in [0.15, 0.2) is 71.9 Å². The van der Waals surface area contributed by atoms with Crippen LogP contribution < -0.4 is 14.4 Å². The summed E-state index contributed by atoms with van der Waals surface area (Å²) in [6.07, 6.45) is 3.49. The van der Waals surface area contributed by atoms with Gasteiger partial charge in [0.25, 0.3) is 0 Å². The molecule has 9 heteroatoms. The molecular formula is C25H29FN4O3S. The Labute approximate surface area is 200 Å². The number of aryl methyl sites for hydroxylation is 1. The molecule has 34 heavy (non-hydrogen) atoms. The molecule has 7 nitrogen and oxygen atoms in total. The number of nitrogens with zero attached hydrogens (tertiary/aromatic N) is 3. The number of anilines is 1. The van der Waals surface area contributed by atoms with E-state index in [0.29, 0.717) is 5.75 Å². The Balaban J connectivity index is 1.48. The van der Waals surface area contributed by atoms with Crippen molar-refractivity contribution in [3.8, 4) is 5.75 Å². The van der Waals surface area contributed by atoms with Gasteiger partial charge >= 0.3 is 0 Å². The maximum absolute atomic E-state index is 13.3. The Bertz CT molecular complexity index is 1200. The number of methoxy groups -OCH3 is 1. The van der Waals surface area contributed by atoms with Crippen molar-refractivity contribution in [1.29, 1.82) is 0 Å². The van der Waals surface area contributed by atoms with Crippen LogP contribution in [0.3, 0.4) is 0 Å². The van der Waals surface area contributed by atoms with Crippen molar-refractivity contribution in [2.45, 2.75) is 17.9 Å². The molecule has 0 aliphatic carbocycles. The Morgan fingerprint density at radius 1 is 1.09 bits per heavy atom. The highest BCUT2D eigenvalue weighted by Gasteiger charge is 2.27. The van der Waals surface area contributed by atoms with Crippen molar-refractivity contribution in [3.63, 3.8) is 0 Å². The molecule has 0 bridgehead atoms. The number of halogens is 1. The van der Waals surface area contributed by atoms with Gasteiger partial charge in [0.1, 0.15) is 11.6 Å². The van der Waals surface area contributed by atoms with Crippen molar-refractivity contribution in [3.05, 3.63) is 83.9 Å². The molecule has 1 aromatic heterocycles. The van der Waals surface area contributed by atoms with Crippen LogP contribution in [0.5, 0.6) is 5.75 Å². The molecule has 0 saturated carbocycles. The molecular weight excluding hydrogens is 455 g/mol. The minimum atomic E-state index is -3.71. The topological polar surface area (TPSA) is 74.8 Å². The van der Waals surface area contributed by atoms with Crippen LogP contribution in [0, 0.1) is 12.7 Å². The molecule has 0 amide bonds. The number of sulfonamides is 1. The number of hydrogen-bond donors (Lipinski definition) is 1. The summed E-state index contributed by atoms with van der Waals surface area (Å²) >= 11 is 0. The zero-order chi connectivity index (χ0) is 24.1. The Hall–Kier alpha value is -3.01. The summed E-state index contributed by atoms with van der Waals surface area (Å²) in [6, 6.07) is 15.0. The van der Waals surface area contributed by atoms with Crippen LogP contribution in [-0.2, 0) is 10.0 Å². The van der Waals surface area contributed by atoms with Crippen molar-refractivity contribution in [2.75, 3.05) is 44.7 Å². The lowest BCUT2D eigenvalue weighted by molar-refractivity contribution is 0.186. The summed E-state index contributed by atoms with van der Waals surface area (Å²) in [4.78, 5) is 8.92. The number of nitrogens with one attached hydrogen (secondary N) is 1. The summed E-state index contributed by atoms with van der Waals surface area (Å²) in [5.41, 5.74) is 2.69. The Morgan fingerprint density at radius 2 is 1.82 bits per heavy atom. The Morgan fingerprint density at radius 3 is 2.44 bits per heavy atom. The average molecular weight is 485 g/mol. The molecule has 1 saturated heterocycles. The van der Waals surface area contributed by atoms with E-state index >= 15 is 0 Å². The van der Waals surface area contributed by atoms with Crippen LogP contribution in [0.1, 0.15) is 17.2 Å². The highest BCUT2D eigenvalue weighted by atomic mass is 32.2. The van der Waals surface area contributed by atoms with E-state index in [0.717, 1.165) is 43.0 Å². The van der Waals surface area contributed by atoms with Gasteiger partial charge in [-0.2, -0.15) is 0 Å². The van der Waals surface area contributed by atoms with E-state index < -0.39 is 10.0 Å². The van der Waals surface area contributed by atoms with Crippen LogP contribution >= 0.6 is 0 Å².